The molecule has 4 aliphatic rings. The lowest BCUT2D eigenvalue weighted by Gasteiger charge is -2.26. The Morgan fingerprint density at radius 3 is 0.860 bits per heavy atom. The number of rotatable bonds is 10. The fourth-order valence-corrected chi connectivity index (χ4v) is 11.1. The first-order chi connectivity index (χ1) is 43.7. The molecule has 0 radical (unpaired) electrons. The van der Waals surface area contributed by atoms with Gasteiger partial charge in [-0.25, -0.2) is 19.2 Å². The topological polar surface area (TPSA) is 197 Å². The van der Waals surface area contributed by atoms with Gasteiger partial charge in [0.2, 0.25) is 0 Å². The predicted molar refractivity (Wildman–Crippen MR) is 376 cm³/mol. The Kier molecular flexibility index (Phi) is 33.4. The van der Waals surface area contributed by atoms with Crippen molar-refractivity contribution in [3.8, 4) is 0 Å². The molecule has 4 saturated heterocycles. The fourth-order valence-electron chi connectivity index (χ4n) is 11.1. The maximum Gasteiger partial charge on any atom is 0.410 e. The highest BCUT2D eigenvalue weighted by molar-refractivity contribution is 5.80. The summed E-state index contributed by atoms with van der Waals surface area (Å²) >= 11 is 0. The van der Waals surface area contributed by atoms with Crippen LogP contribution < -0.4 is 21.7 Å². The number of carbonyl (C=O) groups excluding carboxylic acids is 5. The smallest absolute Gasteiger partial charge is 0.410 e. The van der Waals surface area contributed by atoms with Crippen LogP contribution in [0.25, 0.3) is 0 Å². The summed E-state index contributed by atoms with van der Waals surface area (Å²) in [5.74, 6) is 0.237. The summed E-state index contributed by atoms with van der Waals surface area (Å²) in [5.41, 5.74) is 8.98. The largest absolute Gasteiger partial charge is 0.444 e. The van der Waals surface area contributed by atoms with E-state index in [0.717, 1.165) is 103 Å². The number of nitrogens with two attached hydrogens (primary N) is 1. The van der Waals surface area contributed by atoms with E-state index in [1.165, 1.54) is 22.3 Å². The first kappa shape index (κ1) is 78.9. The Hall–Kier alpha value is -6.53. The van der Waals surface area contributed by atoms with Crippen LogP contribution in [0.5, 0.6) is 0 Å². The van der Waals surface area contributed by atoms with Crippen molar-refractivity contribution in [2.45, 2.75) is 253 Å². The Morgan fingerprint density at radius 2 is 0.613 bits per heavy atom. The molecule has 17 nitrogen and oxygen atoms in total. The molecule has 4 fully saturated rings. The molecule has 4 aromatic carbocycles. The maximum absolute atomic E-state index is 12.2. The van der Waals surface area contributed by atoms with Crippen molar-refractivity contribution in [3.05, 3.63) is 144 Å². The lowest BCUT2D eigenvalue weighted by molar-refractivity contribution is -0.118. The van der Waals surface area contributed by atoms with Gasteiger partial charge in [-0.05, 0) is 197 Å². The number of benzene rings is 4. The molecule has 93 heavy (non-hydrogen) atoms. The zero-order valence-corrected chi connectivity index (χ0v) is 59.8. The fraction of sp³-hybridized carbons (Fsp3) is 0.618. The molecule has 518 valence electrons. The van der Waals surface area contributed by atoms with Gasteiger partial charge in [0.05, 0.1) is 0 Å². The average molecular weight is 1290 g/mol. The second kappa shape index (κ2) is 39.4. The molecule has 0 spiro atoms. The molecule has 4 amide bonds. The lowest BCUT2D eigenvalue weighted by atomic mass is 10.0. The minimum Gasteiger partial charge on any atom is -0.444 e. The second-order valence-electron chi connectivity index (χ2n) is 29.2. The van der Waals surface area contributed by atoms with Crippen molar-refractivity contribution in [3.63, 3.8) is 0 Å². The van der Waals surface area contributed by atoms with Crippen molar-refractivity contribution in [2.75, 3.05) is 52.4 Å². The molecule has 4 aliphatic heterocycles. The summed E-state index contributed by atoms with van der Waals surface area (Å²) in [6.07, 6.45) is 10.1. The lowest BCUT2D eigenvalue weighted by Crippen LogP contribution is -2.38. The zero-order valence-electron chi connectivity index (χ0n) is 59.8. The van der Waals surface area contributed by atoms with Crippen LogP contribution in [-0.4, -0.2) is 143 Å². The molecule has 0 aromatic heterocycles. The molecule has 5 N–H and O–H groups in total. The third-order valence-electron chi connectivity index (χ3n) is 16.0. The Morgan fingerprint density at radius 1 is 0.366 bits per heavy atom. The van der Waals surface area contributed by atoms with E-state index in [-0.39, 0.29) is 36.2 Å². The minimum absolute atomic E-state index is 0.159. The first-order valence-electron chi connectivity index (χ1n) is 34.4. The first-order valence-corrected chi connectivity index (χ1v) is 34.4. The van der Waals surface area contributed by atoms with Crippen LogP contribution in [0, 0.1) is 0 Å². The molecule has 0 bridgehead atoms. The van der Waals surface area contributed by atoms with Crippen molar-refractivity contribution < 1.29 is 42.9 Å². The van der Waals surface area contributed by atoms with Crippen molar-refractivity contribution >= 4 is 30.2 Å². The normalized spacial score (nSPS) is 19.6. The minimum atomic E-state index is -0.465. The quantitative estimate of drug-likeness (QED) is 0.110. The average Bonchev–Trinajstić information content (AvgIpc) is 3.52. The number of carbonyl (C=O) groups is 5. The van der Waals surface area contributed by atoms with Gasteiger partial charge in [-0.3, -0.25) is 4.79 Å². The van der Waals surface area contributed by atoms with Gasteiger partial charge in [-0.15, -0.1) is 0 Å². The van der Waals surface area contributed by atoms with Gasteiger partial charge in [0, 0.05) is 107 Å². The Labute approximate surface area is 560 Å². The molecule has 4 heterocycles. The number of ketones is 1. The number of hydrogen-bond donors (Lipinski definition) is 4. The molecular formula is C76H120N8O9. The van der Waals surface area contributed by atoms with Crippen molar-refractivity contribution in [2.24, 2.45) is 5.73 Å². The molecule has 0 aliphatic carbocycles. The second-order valence-corrected chi connectivity index (χ2v) is 29.2. The van der Waals surface area contributed by atoms with E-state index in [1.807, 2.05) is 153 Å². The van der Waals surface area contributed by atoms with Gasteiger partial charge in [-0.2, -0.15) is 0 Å². The highest BCUT2D eigenvalue weighted by atomic mass is 16.6. The van der Waals surface area contributed by atoms with Gasteiger partial charge >= 0.3 is 24.4 Å². The number of amides is 4. The predicted octanol–water partition coefficient (Wildman–Crippen LogP) is 16.1. The summed E-state index contributed by atoms with van der Waals surface area (Å²) in [5, 5.41) is 11.1. The van der Waals surface area contributed by atoms with E-state index in [2.05, 4.69) is 110 Å². The zero-order chi connectivity index (χ0) is 68.8. The maximum atomic E-state index is 12.2. The number of nitrogens with one attached hydrogen (secondary N) is 3. The standard InChI is InChI=1S/3C19H30N2O2.C11H19NO3.C8H11N/c3*1-15(16-9-6-5-7-10-16)20-17-11-8-13-21(14-12-17)18(22)23-19(2,3)4;1-11(2,3)15-10(14)12-7-4-5-9(13)6-8-12;1-7(9)8-5-3-2-4-6-8/h3*5-7,9-10,15,17,20H,8,11-14H2,1-4H3;4-8H2,1-3H3;2-7H,9H2,1H3/t3*15-,17?;;7-/m111.1/s1. The molecule has 17 heteroatoms. The molecule has 0 saturated carbocycles. The van der Waals surface area contributed by atoms with E-state index in [0.29, 0.717) is 62.2 Å². The van der Waals surface area contributed by atoms with Gasteiger partial charge < -0.3 is 60.2 Å². The number of hydrogen-bond acceptors (Lipinski definition) is 13. The third kappa shape index (κ3) is 33.4. The van der Waals surface area contributed by atoms with E-state index >= 15 is 0 Å². The summed E-state index contributed by atoms with van der Waals surface area (Å²) < 4.78 is 21.7. The number of likely N-dealkylation sites (tertiary alicyclic amines) is 4. The monoisotopic (exact) mass is 1290 g/mol. The summed E-state index contributed by atoms with van der Waals surface area (Å²) in [7, 11) is 0. The van der Waals surface area contributed by atoms with Crippen molar-refractivity contribution in [1.82, 2.24) is 35.6 Å². The van der Waals surface area contributed by atoms with Crippen LogP contribution >= 0.6 is 0 Å². The van der Waals surface area contributed by atoms with E-state index in [1.54, 1.807) is 4.90 Å². The molecule has 4 aromatic rings. The van der Waals surface area contributed by atoms with Crippen LogP contribution in [0.4, 0.5) is 19.2 Å². The molecule has 7 atom stereocenters. The Balaban J connectivity index is 0.000000255. The van der Waals surface area contributed by atoms with Crippen LogP contribution in [0.3, 0.4) is 0 Å². The van der Waals surface area contributed by atoms with Gasteiger partial charge in [0.25, 0.3) is 0 Å². The number of Topliss-reactive ketones (excluding diaryl/α,β-unsaturated/α-hetero) is 1. The van der Waals surface area contributed by atoms with E-state index in [4.69, 9.17) is 24.7 Å². The van der Waals surface area contributed by atoms with Gasteiger partial charge in [0.15, 0.2) is 0 Å². The summed E-state index contributed by atoms with van der Waals surface area (Å²) in [6.45, 7) is 37.1. The van der Waals surface area contributed by atoms with Crippen LogP contribution in [0.1, 0.15) is 234 Å². The molecule has 8 rings (SSSR count). The summed E-state index contributed by atoms with van der Waals surface area (Å²) in [4.78, 5) is 66.6. The summed E-state index contributed by atoms with van der Waals surface area (Å²) in [6, 6.07) is 44.0. The van der Waals surface area contributed by atoms with Crippen LogP contribution in [0.15, 0.2) is 121 Å². The third-order valence-corrected chi connectivity index (χ3v) is 16.0. The van der Waals surface area contributed by atoms with Crippen molar-refractivity contribution in [1.29, 1.82) is 0 Å². The SMILES string of the molecule is CC(C)(C)OC(=O)N1CCCC(=O)CC1.C[C@@H](N)c1ccccc1.C[C@@H](NC1CCCN(C(=O)OC(C)(C)C)CC1)c1ccccc1.C[C@@H](NC1CCCN(C(=O)OC(C)(C)C)CC1)c1ccccc1.C[C@@H](NC1CCCN(C(=O)OC(C)(C)C)CC1)c1ccccc1. The van der Waals surface area contributed by atoms with Gasteiger partial charge in [-0.1, -0.05) is 121 Å². The molecule has 3 unspecified atom stereocenters. The van der Waals surface area contributed by atoms with Crippen LogP contribution in [-0.2, 0) is 23.7 Å². The van der Waals surface area contributed by atoms with E-state index < -0.39 is 22.4 Å². The van der Waals surface area contributed by atoms with Crippen LogP contribution in [0.2, 0.25) is 0 Å². The highest BCUT2D eigenvalue weighted by Gasteiger charge is 2.30. The molecular weight excluding hydrogens is 1170 g/mol. The number of ether oxygens (including phenoxy) is 4. The highest BCUT2D eigenvalue weighted by Crippen LogP contribution is 2.24. The Bertz CT molecular complexity index is 2540. The van der Waals surface area contributed by atoms with Gasteiger partial charge in [0.1, 0.15) is 28.2 Å². The number of nitrogens with zero attached hydrogens (tertiary/aromatic N) is 4. The van der Waals surface area contributed by atoms with E-state index in [9.17, 15) is 24.0 Å².